The van der Waals surface area contributed by atoms with Crippen LogP contribution in [-0.2, 0) is 27.2 Å². The van der Waals surface area contributed by atoms with Crippen LogP contribution in [0.2, 0.25) is 25.2 Å². The summed E-state index contributed by atoms with van der Waals surface area (Å²) in [5.74, 6) is 0.838. The second-order valence-electron chi connectivity index (χ2n) is 6.45. The molecule has 0 aromatic heterocycles. The van der Waals surface area contributed by atoms with Crippen LogP contribution >= 0.6 is 12.6 Å². The van der Waals surface area contributed by atoms with Crippen molar-refractivity contribution < 1.29 is 27.2 Å². The van der Waals surface area contributed by atoms with Gasteiger partial charge in [0.25, 0.3) is 0 Å². The molecule has 9 heteroatoms. The van der Waals surface area contributed by atoms with Crippen molar-refractivity contribution in [2.75, 3.05) is 53.5 Å². The van der Waals surface area contributed by atoms with Crippen LogP contribution in [0.25, 0.3) is 0 Å². The van der Waals surface area contributed by atoms with Crippen LogP contribution in [0.4, 0.5) is 0 Å². The van der Waals surface area contributed by atoms with E-state index >= 15 is 0 Å². The molecule has 1 atom stereocenters. The molecule has 25 heavy (non-hydrogen) atoms. The summed E-state index contributed by atoms with van der Waals surface area (Å²) < 4.78 is 31.9. The van der Waals surface area contributed by atoms with Gasteiger partial charge in [0.15, 0.2) is 8.32 Å². The van der Waals surface area contributed by atoms with E-state index in [9.17, 15) is 0 Å². The maximum atomic E-state index is 5.73. The quantitative estimate of drug-likeness (QED) is 0.204. The van der Waals surface area contributed by atoms with Crippen LogP contribution in [0, 0.1) is 0 Å². The van der Waals surface area contributed by atoms with E-state index in [1.165, 1.54) is 6.04 Å². The first kappa shape index (κ1) is 25.5. The summed E-state index contributed by atoms with van der Waals surface area (Å²) in [6.45, 7) is 9.95. The predicted molar refractivity (Wildman–Crippen MR) is 109 cm³/mol. The van der Waals surface area contributed by atoms with Gasteiger partial charge in [-0.15, -0.1) is 0 Å². The summed E-state index contributed by atoms with van der Waals surface area (Å²) in [4.78, 5) is 0. The highest BCUT2D eigenvalue weighted by Crippen LogP contribution is 2.15. The van der Waals surface area contributed by atoms with Crippen LogP contribution in [0.3, 0.4) is 0 Å². The minimum atomic E-state index is -2.29. The molecule has 0 N–H and O–H groups in total. The van der Waals surface area contributed by atoms with E-state index in [4.69, 9.17) is 27.2 Å². The zero-order chi connectivity index (χ0) is 19.2. The SMILES string of the molecule is CCO[Si](C)(C)CCCOCC1CO1.CO[Si](CCCS)(OC)OC. The van der Waals surface area contributed by atoms with Crippen molar-refractivity contribution >= 4 is 29.8 Å². The molecule has 1 saturated heterocycles. The van der Waals surface area contributed by atoms with Crippen molar-refractivity contribution in [1.29, 1.82) is 0 Å². The molecule has 0 aromatic rings. The van der Waals surface area contributed by atoms with Gasteiger partial charge in [0.2, 0.25) is 0 Å². The highest BCUT2D eigenvalue weighted by atomic mass is 32.1. The van der Waals surface area contributed by atoms with E-state index in [0.29, 0.717) is 6.10 Å². The Bertz CT molecular complexity index is 307. The van der Waals surface area contributed by atoms with Gasteiger partial charge in [-0.2, -0.15) is 12.6 Å². The van der Waals surface area contributed by atoms with Gasteiger partial charge in [0.05, 0.1) is 13.2 Å². The molecule has 1 aliphatic rings. The summed E-state index contributed by atoms with van der Waals surface area (Å²) in [5, 5.41) is 0. The largest absolute Gasteiger partial charge is 0.500 e. The first-order chi connectivity index (χ1) is 11.9. The molecule has 1 fully saturated rings. The van der Waals surface area contributed by atoms with E-state index in [-0.39, 0.29) is 0 Å². The van der Waals surface area contributed by atoms with Crippen molar-refractivity contribution in [3.63, 3.8) is 0 Å². The lowest BCUT2D eigenvalue weighted by molar-refractivity contribution is 0.116. The molecule has 0 spiro atoms. The lowest BCUT2D eigenvalue weighted by Gasteiger charge is -2.23. The molecular formula is C16H38O6SSi2. The predicted octanol–water partition coefficient (Wildman–Crippen LogP) is 3.22. The number of rotatable bonds is 14. The van der Waals surface area contributed by atoms with Crippen LogP contribution in [0.1, 0.15) is 19.8 Å². The molecule has 0 saturated carbocycles. The van der Waals surface area contributed by atoms with Gasteiger partial charge in [-0.25, -0.2) is 0 Å². The lowest BCUT2D eigenvalue weighted by Crippen LogP contribution is -2.42. The average Bonchev–Trinajstić information content (AvgIpc) is 3.41. The number of hydrogen-bond donors (Lipinski definition) is 1. The maximum Gasteiger partial charge on any atom is 0.500 e. The second-order valence-corrected chi connectivity index (χ2v) is 14.3. The minimum Gasteiger partial charge on any atom is -0.418 e. The van der Waals surface area contributed by atoms with E-state index in [1.54, 1.807) is 21.3 Å². The smallest absolute Gasteiger partial charge is 0.418 e. The van der Waals surface area contributed by atoms with Crippen LogP contribution < -0.4 is 0 Å². The highest BCUT2D eigenvalue weighted by Gasteiger charge is 2.36. The second kappa shape index (κ2) is 14.6. The molecule has 0 aliphatic carbocycles. The molecule has 0 amide bonds. The molecule has 1 heterocycles. The summed E-state index contributed by atoms with van der Waals surface area (Å²) >= 11 is 4.10. The third-order valence-corrected chi connectivity index (χ3v) is 9.66. The number of epoxide rings is 1. The van der Waals surface area contributed by atoms with Crippen molar-refractivity contribution in [2.45, 2.75) is 51.1 Å². The minimum absolute atomic E-state index is 0.396. The summed E-state index contributed by atoms with van der Waals surface area (Å²) in [6, 6.07) is 2.02. The molecule has 1 aliphatic heterocycles. The van der Waals surface area contributed by atoms with E-state index in [1.807, 2.05) is 0 Å². The van der Waals surface area contributed by atoms with E-state index in [2.05, 4.69) is 32.6 Å². The molecule has 152 valence electrons. The summed E-state index contributed by atoms with van der Waals surface area (Å²) in [7, 11) is 1.20. The topological polar surface area (TPSA) is 58.7 Å². The fourth-order valence-electron chi connectivity index (χ4n) is 2.29. The van der Waals surface area contributed by atoms with Gasteiger partial charge in [-0.05, 0) is 44.7 Å². The fraction of sp³-hybridized carbons (Fsp3) is 1.00. The third kappa shape index (κ3) is 13.4. The molecule has 6 nitrogen and oxygen atoms in total. The maximum absolute atomic E-state index is 5.73. The highest BCUT2D eigenvalue weighted by molar-refractivity contribution is 7.80. The Labute approximate surface area is 161 Å². The van der Waals surface area contributed by atoms with Crippen LogP contribution in [0.5, 0.6) is 0 Å². The van der Waals surface area contributed by atoms with Gasteiger partial charge in [-0.1, -0.05) is 0 Å². The van der Waals surface area contributed by atoms with Crippen molar-refractivity contribution in [3.8, 4) is 0 Å². The standard InChI is InChI=1S/C10H22O3Si.C6H16O3SSi/c1-4-13-14(2,3)7-5-6-11-8-10-9-12-10;1-7-11(8-2,9-3)6-4-5-10/h10H,4-9H2,1-3H3;10H,4-6H2,1-3H3. The molecule has 0 radical (unpaired) electrons. The van der Waals surface area contributed by atoms with Crippen LogP contribution in [-0.4, -0.2) is 76.7 Å². The molecule has 1 rings (SSSR count). The Balaban J connectivity index is 0.000000477. The van der Waals surface area contributed by atoms with E-state index in [0.717, 1.165) is 51.1 Å². The monoisotopic (exact) mass is 414 g/mol. The van der Waals surface area contributed by atoms with Crippen molar-refractivity contribution in [3.05, 3.63) is 0 Å². The normalized spacial score (nSPS) is 17.2. The van der Waals surface area contributed by atoms with Gasteiger partial charge in [0, 0.05) is 40.6 Å². The first-order valence-corrected chi connectivity index (χ1v) is 14.7. The zero-order valence-corrected chi connectivity index (χ0v) is 19.7. The Morgan fingerprint density at radius 2 is 1.64 bits per heavy atom. The van der Waals surface area contributed by atoms with Crippen LogP contribution in [0.15, 0.2) is 0 Å². The molecular weight excluding hydrogens is 376 g/mol. The zero-order valence-electron chi connectivity index (χ0n) is 16.8. The lowest BCUT2D eigenvalue weighted by atomic mass is 10.5. The Morgan fingerprint density at radius 1 is 1.04 bits per heavy atom. The number of thiol groups is 1. The first-order valence-electron chi connectivity index (χ1n) is 8.98. The Morgan fingerprint density at radius 3 is 2.08 bits per heavy atom. The van der Waals surface area contributed by atoms with E-state index < -0.39 is 17.1 Å². The molecule has 1 unspecified atom stereocenters. The number of ether oxygens (including phenoxy) is 2. The van der Waals surface area contributed by atoms with Gasteiger partial charge >= 0.3 is 8.80 Å². The Kier molecular flexibility index (Phi) is 14.9. The average molecular weight is 415 g/mol. The molecule has 0 aromatic carbocycles. The van der Waals surface area contributed by atoms with Crippen molar-refractivity contribution in [2.24, 2.45) is 0 Å². The summed E-state index contributed by atoms with van der Waals surface area (Å²) in [5.41, 5.74) is 0. The fourth-order valence-corrected chi connectivity index (χ4v) is 6.39. The number of hydrogen-bond acceptors (Lipinski definition) is 7. The van der Waals surface area contributed by atoms with Gasteiger partial charge in [0.1, 0.15) is 6.10 Å². The van der Waals surface area contributed by atoms with Crippen molar-refractivity contribution in [1.82, 2.24) is 0 Å². The molecule has 0 bridgehead atoms. The third-order valence-electron chi connectivity index (χ3n) is 3.88. The van der Waals surface area contributed by atoms with Gasteiger partial charge in [-0.3, -0.25) is 0 Å². The summed E-state index contributed by atoms with van der Waals surface area (Å²) in [6.07, 6.45) is 2.48. The Hall–Kier alpha value is 0.544. The van der Waals surface area contributed by atoms with Gasteiger partial charge < -0.3 is 27.2 Å².